The van der Waals surface area contributed by atoms with Gasteiger partial charge in [-0.25, -0.2) is 9.59 Å². The summed E-state index contributed by atoms with van der Waals surface area (Å²) in [6, 6.07) is 16.6. The summed E-state index contributed by atoms with van der Waals surface area (Å²) < 4.78 is 5.56. The lowest BCUT2D eigenvalue weighted by molar-refractivity contribution is -0.142. The highest BCUT2D eigenvalue weighted by molar-refractivity contribution is 5.91. The van der Waals surface area contributed by atoms with Gasteiger partial charge in [-0.1, -0.05) is 81.4 Å². The van der Waals surface area contributed by atoms with Gasteiger partial charge in [0.05, 0.1) is 0 Å². The maximum atomic E-state index is 13.3. The SMILES string of the molecule is CC(C)C[C@@H](NC(=O)[C@@H](Cc1ccccc1)NC(=O)CN(C[C@H](C)c1ccccc1)C(=O)OC(C)(C)C)C(=O)O. The van der Waals surface area contributed by atoms with Gasteiger partial charge < -0.3 is 20.5 Å². The molecule has 0 saturated carbocycles. The molecule has 0 saturated heterocycles. The lowest BCUT2D eigenvalue weighted by Gasteiger charge is -2.30. The van der Waals surface area contributed by atoms with E-state index in [0.29, 0.717) is 0 Å². The molecule has 0 aliphatic heterocycles. The quantitative estimate of drug-likeness (QED) is 0.338. The van der Waals surface area contributed by atoms with Gasteiger partial charge in [0.15, 0.2) is 0 Å². The minimum Gasteiger partial charge on any atom is -0.480 e. The molecule has 0 bridgehead atoms. The van der Waals surface area contributed by atoms with Crippen molar-refractivity contribution < 1.29 is 29.0 Å². The van der Waals surface area contributed by atoms with Crippen LogP contribution in [0.1, 0.15) is 65.0 Å². The Labute approximate surface area is 237 Å². The van der Waals surface area contributed by atoms with Crippen LogP contribution in [0.4, 0.5) is 4.79 Å². The standard InChI is InChI=1S/C31H43N3O6/c1-21(2)17-26(29(37)38)33-28(36)25(18-23-13-9-7-10-14-23)32-27(35)20-34(30(39)40-31(4,5)6)19-22(3)24-15-11-8-12-16-24/h7-16,21-22,25-26H,17-20H2,1-6H3,(H,32,35)(H,33,36)(H,37,38)/t22-,25+,26+/m0/s1. The van der Waals surface area contributed by atoms with E-state index < -0.39 is 41.6 Å². The molecule has 2 rings (SSSR count). The fraction of sp³-hybridized carbons (Fsp3) is 0.484. The number of rotatable bonds is 13. The molecule has 3 N–H and O–H groups in total. The number of carboxylic acids is 1. The number of ether oxygens (including phenoxy) is 1. The minimum atomic E-state index is -1.14. The topological polar surface area (TPSA) is 125 Å². The normalized spacial score (nSPS) is 13.6. The Balaban J connectivity index is 2.24. The van der Waals surface area contributed by atoms with Crippen LogP contribution in [0.2, 0.25) is 0 Å². The predicted octanol–water partition coefficient (Wildman–Crippen LogP) is 4.37. The van der Waals surface area contributed by atoms with Crippen LogP contribution >= 0.6 is 0 Å². The highest BCUT2D eigenvalue weighted by atomic mass is 16.6. The number of benzene rings is 2. The van der Waals surface area contributed by atoms with Crippen molar-refractivity contribution >= 4 is 23.9 Å². The molecule has 0 fully saturated rings. The zero-order chi connectivity index (χ0) is 29.9. The van der Waals surface area contributed by atoms with E-state index in [1.54, 1.807) is 20.8 Å². The summed E-state index contributed by atoms with van der Waals surface area (Å²) in [7, 11) is 0. The highest BCUT2D eigenvalue weighted by Gasteiger charge is 2.30. The van der Waals surface area contributed by atoms with Crippen LogP contribution in [-0.4, -0.2) is 64.7 Å². The number of carbonyl (C=O) groups excluding carboxylic acids is 3. The van der Waals surface area contributed by atoms with Gasteiger partial charge in [0.25, 0.3) is 0 Å². The molecule has 9 heteroatoms. The first kappa shape index (κ1) is 32.3. The van der Waals surface area contributed by atoms with Crippen LogP contribution in [-0.2, 0) is 25.5 Å². The molecule has 9 nitrogen and oxygen atoms in total. The van der Waals surface area contributed by atoms with Crippen molar-refractivity contribution in [2.45, 2.75) is 78.0 Å². The fourth-order valence-corrected chi connectivity index (χ4v) is 4.19. The summed E-state index contributed by atoms with van der Waals surface area (Å²) >= 11 is 0. The molecule has 0 radical (unpaired) electrons. The maximum Gasteiger partial charge on any atom is 0.410 e. The van der Waals surface area contributed by atoms with E-state index >= 15 is 0 Å². The van der Waals surface area contributed by atoms with Crippen LogP contribution in [0.3, 0.4) is 0 Å². The van der Waals surface area contributed by atoms with Gasteiger partial charge in [-0.3, -0.25) is 14.5 Å². The van der Waals surface area contributed by atoms with E-state index in [2.05, 4.69) is 10.6 Å². The molecule has 2 aromatic rings. The van der Waals surface area contributed by atoms with Crippen molar-refractivity contribution in [3.05, 3.63) is 71.8 Å². The average molecular weight is 554 g/mol. The predicted molar refractivity (Wildman–Crippen MR) is 154 cm³/mol. The Hall–Kier alpha value is -3.88. The Morgan fingerprint density at radius 2 is 1.45 bits per heavy atom. The van der Waals surface area contributed by atoms with E-state index in [0.717, 1.165) is 11.1 Å². The molecule has 0 unspecified atom stereocenters. The second-order valence-electron chi connectivity index (χ2n) is 11.5. The molecular formula is C31H43N3O6. The zero-order valence-electron chi connectivity index (χ0n) is 24.3. The van der Waals surface area contributed by atoms with Gasteiger partial charge >= 0.3 is 12.1 Å². The number of carbonyl (C=O) groups is 4. The summed E-state index contributed by atoms with van der Waals surface area (Å²) in [4.78, 5) is 52.7. The van der Waals surface area contributed by atoms with Crippen molar-refractivity contribution in [1.82, 2.24) is 15.5 Å². The smallest absolute Gasteiger partial charge is 0.410 e. The van der Waals surface area contributed by atoms with Gasteiger partial charge in [-0.15, -0.1) is 0 Å². The highest BCUT2D eigenvalue weighted by Crippen LogP contribution is 2.18. The molecule has 0 aliphatic rings. The van der Waals surface area contributed by atoms with E-state index in [1.165, 1.54) is 4.90 Å². The molecule has 3 amide bonds. The summed E-state index contributed by atoms with van der Waals surface area (Å²) in [6.45, 7) is 10.8. The van der Waals surface area contributed by atoms with E-state index in [-0.39, 0.29) is 37.8 Å². The minimum absolute atomic E-state index is 0.0394. The van der Waals surface area contributed by atoms with Crippen LogP contribution in [0.15, 0.2) is 60.7 Å². The maximum absolute atomic E-state index is 13.3. The number of nitrogens with one attached hydrogen (secondary N) is 2. The molecule has 40 heavy (non-hydrogen) atoms. The van der Waals surface area contributed by atoms with Crippen molar-refractivity contribution in [3.8, 4) is 0 Å². The Bertz CT molecular complexity index is 1110. The third kappa shape index (κ3) is 11.5. The van der Waals surface area contributed by atoms with Crippen LogP contribution in [0, 0.1) is 5.92 Å². The fourth-order valence-electron chi connectivity index (χ4n) is 4.19. The van der Waals surface area contributed by atoms with Crippen molar-refractivity contribution in [1.29, 1.82) is 0 Å². The molecule has 0 spiro atoms. The molecule has 2 aromatic carbocycles. The number of hydrogen-bond acceptors (Lipinski definition) is 5. The summed E-state index contributed by atoms with van der Waals surface area (Å²) in [5.74, 6) is -2.35. The van der Waals surface area contributed by atoms with Crippen molar-refractivity contribution in [3.63, 3.8) is 0 Å². The lowest BCUT2D eigenvalue weighted by Crippen LogP contribution is -2.54. The van der Waals surface area contributed by atoms with Gasteiger partial charge in [-0.05, 0) is 50.2 Å². The summed E-state index contributed by atoms with van der Waals surface area (Å²) in [5, 5.41) is 14.9. The molecule has 218 valence electrons. The van der Waals surface area contributed by atoms with Gasteiger partial charge in [0.1, 0.15) is 24.2 Å². The first-order valence-corrected chi connectivity index (χ1v) is 13.6. The molecule has 0 aromatic heterocycles. The van der Waals surface area contributed by atoms with Gasteiger partial charge in [0, 0.05) is 13.0 Å². The second kappa shape index (κ2) is 15.1. The molecule has 0 heterocycles. The zero-order valence-corrected chi connectivity index (χ0v) is 24.3. The van der Waals surface area contributed by atoms with Gasteiger partial charge in [0.2, 0.25) is 11.8 Å². The van der Waals surface area contributed by atoms with E-state index in [1.807, 2.05) is 81.4 Å². The average Bonchev–Trinajstić information content (AvgIpc) is 2.87. The Morgan fingerprint density at radius 3 is 1.98 bits per heavy atom. The first-order valence-electron chi connectivity index (χ1n) is 13.6. The number of nitrogens with zero attached hydrogens (tertiary/aromatic N) is 1. The third-order valence-electron chi connectivity index (χ3n) is 6.11. The number of amides is 3. The monoisotopic (exact) mass is 553 g/mol. The van der Waals surface area contributed by atoms with E-state index in [9.17, 15) is 24.3 Å². The third-order valence-corrected chi connectivity index (χ3v) is 6.11. The first-order chi connectivity index (χ1) is 18.7. The number of carboxylic acid groups (broad SMARTS) is 1. The second-order valence-corrected chi connectivity index (χ2v) is 11.5. The van der Waals surface area contributed by atoms with Crippen molar-refractivity contribution in [2.75, 3.05) is 13.1 Å². The summed E-state index contributed by atoms with van der Waals surface area (Å²) in [6.07, 6.45) is -0.242. The molecule has 0 aliphatic carbocycles. The van der Waals surface area contributed by atoms with Crippen LogP contribution < -0.4 is 10.6 Å². The number of hydrogen-bond donors (Lipinski definition) is 3. The van der Waals surface area contributed by atoms with Crippen LogP contribution in [0.5, 0.6) is 0 Å². The Kier molecular flexibility index (Phi) is 12.2. The molecule has 3 atom stereocenters. The largest absolute Gasteiger partial charge is 0.480 e. The van der Waals surface area contributed by atoms with Gasteiger partial charge in [-0.2, -0.15) is 0 Å². The number of aliphatic carboxylic acids is 1. The lowest BCUT2D eigenvalue weighted by atomic mass is 10.0. The molecular weight excluding hydrogens is 510 g/mol. The van der Waals surface area contributed by atoms with Crippen molar-refractivity contribution in [2.24, 2.45) is 5.92 Å². The van der Waals surface area contributed by atoms with E-state index in [4.69, 9.17) is 4.74 Å². The Morgan fingerprint density at radius 1 is 0.875 bits per heavy atom. The van der Waals surface area contributed by atoms with Crippen LogP contribution in [0.25, 0.3) is 0 Å². The summed E-state index contributed by atoms with van der Waals surface area (Å²) in [5.41, 5.74) is 1.03.